The number of urea groups is 1. The number of carbonyl (C=O) groups excluding carboxylic acids is 2. The first-order valence-corrected chi connectivity index (χ1v) is 16.2. The lowest BCUT2D eigenvalue weighted by Crippen LogP contribution is -2.48. The normalized spacial score (nSPS) is 21.5. The topological polar surface area (TPSA) is 143 Å². The van der Waals surface area contributed by atoms with Crippen LogP contribution in [-0.4, -0.2) is 78.3 Å². The second kappa shape index (κ2) is 11.2. The fourth-order valence-electron chi connectivity index (χ4n) is 5.92. The lowest BCUT2D eigenvalue weighted by molar-refractivity contribution is -0.119. The second-order valence-corrected chi connectivity index (χ2v) is 14.1. The van der Waals surface area contributed by atoms with Crippen molar-refractivity contribution >= 4 is 39.1 Å². The number of halogens is 2. The molecule has 0 spiro atoms. The zero-order valence-electron chi connectivity index (χ0n) is 23.6. The van der Waals surface area contributed by atoms with Crippen LogP contribution >= 0.6 is 11.6 Å². The molecule has 43 heavy (non-hydrogen) atoms. The summed E-state index contributed by atoms with van der Waals surface area (Å²) in [5.74, 6) is -1.92. The van der Waals surface area contributed by atoms with Crippen molar-refractivity contribution in [1.29, 1.82) is 0 Å². The van der Waals surface area contributed by atoms with Crippen LogP contribution in [0.5, 0.6) is 0 Å². The predicted octanol–water partition coefficient (Wildman–Crippen LogP) is 3.75. The summed E-state index contributed by atoms with van der Waals surface area (Å²) in [6.45, 7) is 4.56. The van der Waals surface area contributed by atoms with Crippen molar-refractivity contribution < 1.29 is 26.9 Å². The molecule has 14 heteroatoms. The number of aromatic nitrogens is 2. The fraction of sp³-hybridized carbons (Fsp3) is 0.448. The van der Waals surface area contributed by atoms with Crippen LogP contribution < -0.4 is 10.6 Å². The Morgan fingerprint density at radius 1 is 1.12 bits per heavy atom. The molecule has 3 amide bonds. The van der Waals surface area contributed by atoms with E-state index in [0.29, 0.717) is 42.4 Å². The summed E-state index contributed by atoms with van der Waals surface area (Å²) < 4.78 is 47.6. The number of rotatable bonds is 4. The van der Waals surface area contributed by atoms with Crippen molar-refractivity contribution in [1.82, 2.24) is 19.9 Å². The molecule has 11 nitrogen and oxygen atoms in total. The van der Waals surface area contributed by atoms with E-state index < -0.39 is 38.8 Å². The summed E-state index contributed by atoms with van der Waals surface area (Å²) in [5, 5.41) is 4.54. The third-order valence-corrected chi connectivity index (χ3v) is 10.7. The molecule has 0 aliphatic carbocycles. The van der Waals surface area contributed by atoms with Gasteiger partial charge in [-0.15, -0.1) is 0 Å². The third kappa shape index (κ3) is 5.61. The van der Waals surface area contributed by atoms with E-state index in [9.17, 15) is 18.0 Å². The van der Waals surface area contributed by atoms with Gasteiger partial charge >= 0.3 is 6.03 Å². The summed E-state index contributed by atoms with van der Waals surface area (Å²) >= 11 is 6.01. The Labute approximate surface area is 253 Å². The first-order chi connectivity index (χ1) is 20.4. The first kappa shape index (κ1) is 29.5. The van der Waals surface area contributed by atoms with E-state index in [1.807, 2.05) is 16.7 Å². The first-order valence-electron chi connectivity index (χ1n) is 14.2. The van der Waals surface area contributed by atoms with Crippen molar-refractivity contribution in [2.24, 2.45) is 5.73 Å². The number of fused-ring (bicyclic) bond motifs is 1. The molecule has 2 fully saturated rings. The Morgan fingerprint density at radius 3 is 2.44 bits per heavy atom. The lowest BCUT2D eigenvalue weighted by atomic mass is 9.80. The summed E-state index contributed by atoms with van der Waals surface area (Å²) in [5.41, 5.74) is 6.00. The molecule has 2 saturated heterocycles. The van der Waals surface area contributed by atoms with Crippen LogP contribution in [0.4, 0.5) is 14.9 Å². The number of amides is 3. The molecule has 0 bridgehead atoms. The summed E-state index contributed by atoms with van der Waals surface area (Å²) in [7, 11) is -4.10. The number of benzene rings is 2. The summed E-state index contributed by atoms with van der Waals surface area (Å²) in [6.07, 6.45) is 3.21. The second-order valence-electron chi connectivity index (χ2n) is 11.7. The molecular formula is C29H32ClFN6O5S. The van der Waals surface area contributed by atoms with Crippen molar-refractivity contribution in [3.8, 4) is 11.4 Å². The van der Waals surface area contributed by atoms with Crippen molar-refractivity contribution in [2.75, 3.05) is 36.8 Å². The minimum atomic E-state index is -4.10. The Morgan fingerprint density at radius 2 is 1.77 bits per heavy atom. The van der Waals surface area contributed by atoms with Gasteiger partial charge in [0, 0.05) is 31.2 Å². The van der Waals surface area contributed by atoms with Crippen LogP contribution in [0.1, 0.15) is 44.1 Å². The maximum Gasteiger partial charge on any atom is 0.319 e. The van der Waals surface area contributed by atoms with Gasteiger partial charge in [0.05, 0.1) is 39.9 Å². The number of nitrogens with zero attached hydrogens (tertiary/aromatic N) is 5. The monoisotopic (exact) mass is 630 g/mol. The van der Waals surface area contributed by atoms with Crippen LogP contribution in [-0.2, 0) is 26.6 Å². The van der Waals surface area contributed by atoms with Gasteiger partial charge in [-0.05, 0) is 55.5 Å². The van der Waals surface area contributed by atoms with E-state index in [1.54, 1.807) is 24.3 Å². The van der Waals surface area contributed by atoms with Crippen LogP contribution in [0.3, 0.4) is 0 Å². The molecule has 6 rings (SSSR count). The molecule has 1 atom stereocenters. The van der Waals surface area contributed by atoms with E-state index in [1.165, 1.54) is 11.0 Å². The van der Waals surface area contributed by atoms with E-state index in [2.05, 4.69) is 10.1 Å². The van der Waals surface area contributed by atoms with Crippen LogP contribution in [0.25, 0.3) is 11.4 Å². The average molecular weight is 631 g/mol. The lowest BCUT2D eigenvalue weighted by Gasteiger charge is -2.38. The fourth-order valence-corrected chi connectivity index (χ4v) is 7.61. The highest BCUT2D eigenvalue weighted by Crippen LogP contribution is 2.39. The van der Waals surface area contributed by atoms with E-state index in [-0.39, 0.29) is 34.5 Å². The minimum Gasteiger partial charge on any atom is -0.338 e. The molecule has 1 aromatic heterocycles. The van der Waals surface area contributed by atoms with Gasteiger partial charge in [-0.2, -0.15) is 4.98 Å². The SMILES string of the molecule is CC1(c2nc(-c3cc4c(cc3F)S(=O)(=O)C[C@H](N)C(=O)N4Cc3ccc(Cl)cc3)no2)CCN(C(=O)N2CCCC2)CC1. The molecule has 0 saturated carbocycles. The molecular weight excluding hydrogens is 599 g/mol. The van der Waals surface area contributed by atoms with Crippen molar-refractivity contribution in [3.05, 3.63) is 58.7 Å². The zero-order chi connectivity index (χ0) is 30.5. The minimum absolute atomic E-state index is 0.0144. The Kier molecular flexibility index (Phi) is 7.68. The number of nitrogens with two attached hydrogens (primary N) is 1. The predicted molar refractivity (Wildman–Crippen MR) is 157 cm³/mol. The smallest absolute Gasteiger partial charge is 0.319 e. The molecule has 4 heterocycles. The number of piperidine rings is 1. The maximum absolute atomic E-state index is 15.6. The molecule has 2 N–H and O–H groups in total. The number of anilines is 1. The van der Waals surface area contributed by atoms with Gasteiger partial charge in [0.15, 0.2) is 9.84 Å². The van der Waals surface area contributed by atoms with Crippen LogP contribution in [0.15, 0.2) is 45.8 Å². The quantitative estimate of drug-likeness (QED) is 0.459. The molecule has 0 radical (unpaired) electrons. The van der Waals surface area contributed by atoms with E-state index >= 15 is 4.39 Å². The van der Waals surface area contributed by atoms with Gasteiger partial charge in [0.2, 0.25) is 17.6 Å². The van der Waals surface area contributed by atoms with Gasteiger partial charge < -0.3 is 25.0 Å². The van der Waals surface area contributed by atoms with Gasteiger partial charge in [-0.3, -0.25) is 4.79 Å². The molecule has 2 aromatic carbocycles. The number of carbonyl (C=O) groups is 2. The van der Waals surface area contributed by atoms with Crippen LogP contribution in [0.2, 0.25) is 5.02 Å². The van der Waals surface area contributed by atoms with Gasteiger partial charge in [0.1, 0.15) is 5.82 Å². The van der Waals surface area contributed by atoms with Crippen LogP contribution in [0, 0.1) is 5.82 Å². The van der Waals surface area contributed by atoms with E-state index in [0.717, 1.165) is 32.0 Å². The standard InChI is InChI=1S/C29H32ClFN6O5S/c1-29(8-12-36(13-9-29)28(39)35-10-2-3-11-35)27-33-25(34-42-27)20-14-23-24(15-21(20)31)43(40,41)17-22(32)26(38)37(23)16-18-4-6-19(30)7-5-18/h4-7,14-15,22H,2-3,8-13,16-17,32H2,1H3/t22-/m0/s1. The number of sulfone groups is 1. The highest BCUT2D eigenvalue weighted by Gasteiger charge is 2.40. The number of hydrogen-bond acceptors (Lipinski definition) is 8. The Bertz CT molecular complexity index is 1670. The molecule has 228 valence electrons. The third-order valence-electron chi connectivity index (χ3n) is 8.61. The average Bonchev–Trinajstić information content (AvgIpc) is 3.69. The molecule has 3 aromatic rings. The largest absolute Gasteiger partial charge is 0.338 e. The van der Waals surface area contributed by atoms with Gasteiger partial charge in [-0.1, -0.05) is 35.8 Å². The Balaban J connectivity index is 1.31. The number of hydrogen-bond donors (Lipinski definition) is 1. The van der Waals surface area contributed by atoms with Gasteiger partial charge in [-0.25, -0.2) is 17.6 Å². The highest BCUT2D eigenvalue weighted by molar-refractivity contribution is 7.91. The summed E-state index contributed by atoms with van der Waals surface area (Å²) in [6, 6.07) is 7.59. The maximum atomic E-state index is 15.6. The number of likely N-dealkylation sites (tertiary alicyclic amines) is 2. The van der Waals surface area contributed by atoms with Crippen molar-refractivity contribution in [3.63, 3.8) is 0 Å². The molecule has 3 aliphatic heterocycles. The highest BCUT2D eigenvalue weighted by atomic mass is 35.5. The van der Waals surface area contributed by atoms with E-state index in [4.69, 9.17) is 21.9 Å². The molecule has 0 unspecified atom stereocenters. The molecule has 3 aliphatic rings. The van der Waals surface area contributed by atoms with Gasteiger partial charge in [0.25, 0.3) is 0 Å². The summed E-state index contributed by atoms with van der Waals surface area (Å²) in [4.78, 5) is 35.3. The van der Waals surface area contributed by atoms with Crippen molar-refractivity contribution in [2.45, 2.75) is 55.5 Å². The Hall–Kier alpha value is -3.55. The zero-order valence-corrected chi connectivity index (χ0v) is 25.2.